The molecule has 3 N–H and O–H groups in total. The van der Waals surface area contributed by atoms with Gasteiger partial charge in [-0.3, -0.25) is 9.59 Å². The van der Waals surface area contributed by atoms with Gasteiger partial charge in [-0.25, -0.2) is 4.79 Å². The first kappa shape index (κ1) is 21.9. The minimum Gasteiger partial charge on any atom is -0.481 e. The Labute approximate surface area is 170 Å². The number of nitrogens with zero attached hydrogens (tertiary/aromatic N) is 1. The maximum atomic E-state index is 12.3. The molecule has 0 fully saturated rings. The summed E-state index contributed by atoms with van der Waals surface area (Å²) < 4.78 is 0. The van der Waals surface area contributed by atoms with Gasteiger partial charge in [-0.2, -0.15) is 0 Å². The summed E-state index contributed by atoms with van der Waals surface area (Å²) in [7, 11) is 1.68. The van der Waals surface area contributed by atoms with E-state index < -0.39 is 12.0 Å². The molecule has 0 bridgehead atoms. The first-order chi connectivity index (χ1) is 13.9. The lowest BCUT2D eigenvalue weighted by Crippen LogP contribution is -2.39. The van der Waals surface area contributed by atoms with Crippen LogP contribution < -0.4 is 10.6 Å². The monoisotopic (exact) mass is 397 g/mol. The number of carbonyl (C=O) groups is 3. The van der Waals surface area contributed by atoms with Crippen molar-refractivity contribution < 1.29 is 19.5 Å². The van der Waals surface area contributed by atoms with E-state index in [4.69, 9.17) is 5.11 Å². The molecule has 3 amide bonds. The molecule has 0 aliphatic heterocycles. The summed E-state index contributed by atoms with van der Waals surface area (Å²) in [5.74, 6) is -1.31. The second-order valence-electron chi connectivity index (χ2n) is 6.90. The summed E-state index contributed by atoms with van der Waals surface area (Å²) in [6.07, 6.45) is -0.143. The van der Waals surface area contributed by atoms with Gasteiger partial charge in [0, 0.05) is 26.6 Å². The quantitative estimate of drug-likeness (QED) is 0.606. The van der Waals surface area contributed by atoms with Crippen molar-refractivity contribution in [1.29, 1.82) is 0 Å². The molecule has 0 aliphatic carbocycles. The highest BCUT2D eigenvalue weighted by Crippen LogP contribution is 2.20. The Morgan fingerprint density at radius 3 is 2.34 bits per heavy atom. The van der Waals surface area contributed by atoms with E-state index in [2.05, 4.69) is 10.6 Å². The van der Waals surface area contributed by atoms with Gasteiger partial charge in [-0.05, 0) is 23.6 Å². The lowest BCUT2D eigenvalue weighted by molar-refractivity contribution is -0.137. The number of carboxylic acids is 1. The van der Waals surface area contributed by atoms with Crippen molar-refractivity contribution in [3.05, 3.63) is 71.3 Å². The van der Waals surface area contributed by atoms with Crippen LogP contribution in [0.1, 0.15) is 35.6 Å². The maximum absolute atomic E-state index is 12.3. The van der Waals surface area contributed by atoms with Gasteiger partial charge >= 0.3 is 12.0 Å². The van der Waals surface area contributed by atoms with Crippen LogP contribution in [0.5, 0.6) is 0 Å². The van der Waals surface area contributed by atoms with Crippen molar-refractivity contribution in [2.24, 2.45) is 0 Å². The molecule has 7 heteroatoms. The molecule has 0 heterocycles. The topological polar surface area (TPSA) is 98.7 Å². The summed E-state index contributed by atoms with van der Waals surface area (Å²) >= 11 is 0. The van der Waals surface area contributed by atoms with Gasteiger partial charge in [0.15, 0.2) is 0 Å². The molecule has 1 atom stereocenters. The predicted molar refractivity (Wildman–Crippen MR) is 110 cm³/mol. The van der Waals surface area contributed by atoms with E-state index in [9.17, 15) is 14.4 Å². The maximum Gasteiger partial charge on any atom is 0.317 e. The second kappa shape index (κ2) is 10.8. The van der Waals surface area contributed by atoms with Crippen LogP contribution in [-0.2, 0) is 16.1 Å². The Kier molecular flexibility index (Phi) is 8.21. The van der Waals surface area contributed by atoms with E-state index in [-0.39, 0.29) is 31.3 Å². The largest absolute Gasteiger partial charge is 0.481 e. The molecule has 2 aromatic carbocycles. The summed E-state index contributed by atoms with van der Waals surface area (Å²) in [5.41, 5.74) is 2.70. The van der Waals surface area contributed by atoms with Crippen LogP contribution in [0.4, 0.5) is 4.79 Å². The van der Waals surface area contributed by atoms with E-state index in [1.54, 1.807) is 7.05 Å². The Balaban J connectivity index is 1.83. The molecule has 7 nitrogen and oxygen atoms in total. The zero-order chi connectivity index (χ0) is 21.2. The van der Waals surface area contributed by atoms with Crippen molar-refractivity contribution in [2.45, 2.75) is 32.4 Å². The number of benzene rings is 2. The minimum atomic E-state index is -0.991. The highest BCUT2D eigenvalue weighted by Gasteiger charge is 2.19. The smallest absolute Gasteiger partial charge is 0.317 e. The summed E-state index contributed by atoms with van der Waals surface area (Å²) in [4.78, 5) is 37.2. The summed E-state index contributed by atoms with van der Waals surface area (Å²) in [5, 5.41) is 14.6. The average molecular weight is 397 g/mol. The van der Waals surface area contributed by atoms with Crippen LogP contribution >= 0.6 is 0 Å². The zero-order valence-electron chi connectivity index (χ0n) is 16.7. The third-order valence-electron chi connectivity index (χ3n) is 4.52. The molecule has 0 radical (unpaired) electrons. The van der Waals surface area contributed by atoms with Gasteiger partial charge in [0.25, 0.3) is 0 Å². The zero-order valence-corrected chi connectivity index (χ0v) is 16.7. The third-order valence-corrected chi connectivity index (χ3v) is 4.52. The Morgan fingerprint density at radius 1 is 1.03 bits per heavy atom. The number of carboxylic acid groups (broad SMARTS) is 1. The summed E-state index contributed by atoms with van der Waals surface area (Å²) in [6.45, 7) is 2.50. The fourth-order valence-corrected chi connectivity index (χ4v) is 3.00. The lowest BCUT2D eigenvalue weighted by atomic mass is 9.98. The molecule has 0 saturated heterocycles. The molecular formula is C22H27N3O4. The molecule has 0 aromatic heterocycles. The Hall–Kier alpha value is -3.35. The number of amides is 3. The molecule has 1 unspecified atom stereocenters. The molecule has 2 aromatic rings. The third kappa shape index (κ3) is 7.29. The van der Waals surface area contributed by atoms with Crippen LogP contribution in [0.25, 0.3) is 0 Å². The van der Waals surface area contributed by atoms with Crippen molar-refractivity contribution >= 4 is 17.9 Å². The van der Waals surface area contributed by atoms with Gasteiger partial charge in [0.1, 0.15) is 0 Å². The molecule has 29 heavy (non-hydrogen) atoms. The van der Waals surface area contributed by atoms with Gasteiger partial charge in [0.05, 0.1) is 12.5 Å². The number of nitrogens with one attached hydrogen (secondary N) is 2. The van der Waals surface area contributed by atoms with Crippen LogP contribution in [0.15, 0.2) is 54.6 Å². The number of urea groups is 1. The fraction of sp³-hybridized carbons (Fsp3) is 0.318. The number of hydrogen-bond donors (Lipinski definition) is 3. The molecule has 0 aliphatic rings. The van der Waals surface area contributed by atoms with Crippen molar-refractivity contribution in [3.8, 4) is 0 Å². The lowest BCUT2D eigenvalue weighted by Gasteiger charge is -2.20. The van der Waals surface area contributed by atoms with Gasteiger partial charge in [-0.15, -0.1) is 0 Å². The first-order valence-electron chi connectivity index (χ1n) is 9.46. The van der Waals surface area contributed by atoms with Crippen LogP contribution in [0.3, 0.4) is 0 Å². The van der Waals surface area contributed by atoms with E-state index in [0.29, 0.717) is 6.54 Å². The number of hydrogen-bond acceptors (Lipinski definition) is 3. The Bertz CT molecular complexity index is 839. The van der Waals surface area contributed by atoms with E-state index >= 15 is 0 Å². The molecular weight excluding hydrogens is 370 g/mol. The Morgan fingerprint density at radius 2 is 1.69 bits per heavy atom. The van der Waals surface area contributed by atoms with Crippen LogP contribution in [-0.4, -0.2) is 41.5 Å². The minimum absolute atomic E-state index is 0.0624. The normalized spacial score (nSPS) is 11.4. The standard InChI is InChI=1S/C22H27N3O4/c1-16-8-6-7-11-18(16)19(14-21(27)28)24-20(26)12-13-23-22(29)25(2)15-17-9-4-3-5-10-17/h3-11,19H,12-15H2,1-2H3,(H,23,29)(H,24,26)(H,27,28). The van der Waals surface area contributed by atoms with Crippen molar-refractivity contribution in [2.75, 3.05) is 13.6 Å². The van der Waals surface area contributed by atoms with Crippen LogP contribution in [0, 0.1) is 6.92 Å². The van der Waals surface area contributed by atoms with Crippen LogP contribution in [0.2, 0.25) is 0 Å². The number of carbonyl (C=O) groups excluding carboxylic acids is 2. The molecule has 2 rings (SSSR count). The molecule has 0 saturated carbocycles. The van der Waals surface area contributed by atoms with Gasteiger partial charge < -0.3 is 20.6 Å². The number of rotatable bonds is 9. The average Bonchev–Trinajstić information content (AvgIpc) is 2.68. The highest BCUT2D eigenvalue weighted by molar-refractivity contribution is 5.79. The first-order valence-corrected chi connectivity index (χ1v) is 9.46. The van der Waals surface area contributed by atoms with E-state index in [0.717, 1.165) is 16.7 Å². The van der Waals surface area contributed by atoms with E-state index in [1.165, 1.54) is 4.90 Å². The van der Waals surface area contributed by atoms with E-state index in [1.807, 2.05) is 61.5 Å². The predicted octanol–water partition coefficient (Wildman–Crippen LogP) is 2.86. The SMILES string of the molecule is Cc1ccccc1C(CC(=O)O)NC(=O)CCNC(=O)N(C)Cc1ccccc1. The fourth-order valence-electron chi connectivity index (χ4n) is 3.00. The van der Waals surface area contributed by atoms with Gasteiger partial charge in [-0.1, -0.05) is 54.6 Å². The molecule has 154 valence electrons. The molecule has 0 spiro atoms. The van der Waals surface area contributed by atoms with Crippen molar-refractivity contribution in [1.82, 2.24) is 15.5 Å². The number of aryl methyl sites for hydroxylation is 1. The second-order valence-corrected chi connectivity index (χ2v) is 6.90. The van der Waals surface area contributed by atoms with Crippen molar-refractivity contribution in [3.63, 3.8) is 0 Å². The van der Waals surface area contributed by atoms with Gasteiger partial charge in [0.2, 0.25) is 5.91 Å². The summed E-state index contributed by atoms with van der Waals surface area (Å²) in [6, 6.07) is 16.1. The number of aliphatic carboxylic acids is 1. The highest BCUT2D eigenvalue weighted by atomic mass is 16.4.